The van der Waals surface area contributed by atoms with Gasteiger partial charge in [-0.25, -0.2) is 0 Å². The second-order valence-corrected chi connectivity index (χ2v) is 1.95. The van der Waals surface area contributed by atoms with Crippen molar-refractivity contribution in [1.29, 1.82) is 0 Å². The van der Waals surface area contributed by atoms with E-state index in [1.54, 1.807) is 6.20 Å². The van der Waals surface area contributed by atoms with Crippen molar-refractivity contribution in [3.8, 4) is 0 Å². The van der Waals surface area contributed by atoms with Gasteiger partial charge in [-0.3, -0.25) is 4.99 Å². The van der Waals surface area contributed by atoms with Gasteiger partial charge in [0, 0.05) is 24.7 Å². The summed E-state index contributed by atoms with van der Waals surface area (Å²) in [4.78, 5) is 4.04. The maximum Gasteiger partial charge on any atom is 0.0423 e. The first kappa shape index (κ1) is 8.21. The molecule has 0 unspecified atom stereocenters. The van der Waals surface area contributed by atoms with E-state index in [0.717, 1.165) is 12.3 Å². The second-order valence-electron chi connectivity index (χ2n) is 1.95. The maximum absolute atomic E-state index is 4.04. The van der Waals surface area contributed by atoms with Crippen LogP contribution in [0, 0.1) is 0 Å². The van der Waals surface area contributed by atoms with Gasteiger partial charge in [-0.1, -0.05) is 0 Å². The fraction of sp³-hybridized carbons (Fsp3) is 0.571. The molecule has 0 amide bonds. The summed E-state index contributed by atoms with van der Waals surface area (Å²) >= 11 is 0. The summed E-state index contributed by atoms with van der Waals surface area (Å²) in [6, 6.07) is 0. The van der Waals surface area contributed by atoms with E-state index < -0.39 is 0 Å². The van der Waals surface area contributed by atoms with E-state index in [-0.39, 0.29) is 0 Å². The largest absolute Gasteiger partial charge is 0.390 e. The normalized spacial score (nSPS) is 9.67. The van der Waals surface area contributed by atoms with Crippen molar-refractivity contribution in [2.24, 2.45) is 4.99 Å². The van der Waals surface area contributed by atoms with Gasteiger partial charge in [0.05, 0.1) is 0 Å². The van der Waals surface area contributed by atoms with Crippen molar-refractivity contribution in [3.05, 3.63) is 12.4 Å². The van der Waals surface area contributed by atoms with Crippen LogP contribution in [0.1, 0.15) is 20.8 Å². The molecule has 0 bridgehead atoms. The van der Waals surface area contributed by atoms with E-state index in [9.17, 15) is 0 Å². The van der Waals surface area contributed by atoms with E-state index in [1.807, 2.05) is 27.0 Å². The highest BCUT2D eigenvalue weighted by Gasteiger charge is 1.69. The van der Waals surface area contributed by atoms with E-state index in [1.165, 1.54) is 0 Å². The topological polar surface area (TPSA) is 24.4 Å². The van der Waals surface area contributed by atoms with E-state index in [4.69, 9.17) is 0 Å². The zero-order chi connectivity index (χ0) is 7.11. The monoisotopic (exact) mass is 126 g/mol. The Morgan fingerprint density at radius 1 is 1.56 bits per heavy atom. The number of rotatable bonds is 3. The van der Waals surface area contributed by atoms with Crippen LogP contribution in [0.15, 0.2) is 17.4 Å². The molecule has 0 radical (unpaired) electrons. The molecular formula is C7H14N2. The first-order valence-electron chi connectivity index (χ1n) is 3.16. The van der Waals surface area contributed by atoms with Crippen molar-refractivity contribution in [3.63, 3.8) is 0 Å². The van der Waals surface area contributed by atoms with Crippen LogP contribution in [0.2, 0.25) is 0 Å². The minimum absolute atomic E-state index is 0.953. The van der Waals surface area contributed by atoms with Gasteiger partial charge in [0.1, 0.15) is 0 Å². The number of hydrogen-bond acceptors (Lipinski definition) is 2. The van der Waals surface area contributed by atoms with Crippen LogP contribution in [0.5, 0.6) is 0 Å². The van der Waals surface area contributed by atoms with Gasteiger partial charge in [-0.2, -0.15) is 0 Å². The van der Waals surface area contributed by atoms with E-state index in [0.29, 0.717) is 0 Å². The number of aliphatic imine (C=N–C) groups is 1. The molecule has 0 aromatic heterocycles. The Labute approximate surface area is 56.7 Å². The van der Waals surface area contributed by atoms with Crippen LogP contribution in [-0.4, -0.2) is 12.3 Å². The van der Waals surface area contributed by atoms with Crippen LogP contribution in [0.3, 0.4) is 0 Å². The van der Waals surface area contributed by atoms with E-state index >= 15 is 0 Å². The summed E-state index contributed by atoms with van der Waals surface area (Å²) in [7, 11) is 0. The van der Waals surface area contributed by atoms with Crippen molar-refractivity contribution in [2.45, 2.75) is 20.8 Å². The number of hydrogen-bond donors (Lipinski definition) is 1. The van der Waals surface area contributed by atoms with Crippen LogP contribution in [-0.2, 0) is 0 Å². The summed E-state index contributed by atoms with van der Waals surface area (Å²) < 4.78 is 0. The average Bonchev–Trinajstić information content (AvgIpc) is 1.80. The molecule has 0 heterocycles. The molecular weight excluding hydrogens is 112 g/mol. The molecule has 0 spiro atoms. The highest BCUT2D eigenvalue weighted by Crippen LogP contribution is 1.75. The Balaban J connectivity index is 3.35. The minimum atomic E-state index is 0.953. The molecule has 0 aromatic rings. The highest BCUT2D eigenvalue weighted by atomic mass is 14.8. The molecule has 0 atom stereocenters. The zero-order valence-electron chi connectivity index (χ0n) is 6.31. The van der Waals surface area contributed by atoms with Gasteiger partial charge in [-0.05, 0) is 20.8 Å². The third kappa shape index (κ3) is 7.21. The Morgan fingerprint density at radius 2 is 2.22 bits per heavy atom. The highest BCUT2D eigenvalue weighted by molar-refractivity contribution is 5.79. The maximum atomic E-state index is 4.04. The average molecular weight is 126 g/mol. The summed E-state index contributed by atoms with van der Waals surface area (Å²) in [6.07, 6.45) is 3.60. The lowest BCUT2D eigenvalue weighted by atomic mass is 10.5. The molecule has 0 aromatic carbocycles. The predicted octanol–water partition coefficient (Wildman–Crippen LogP) is 1.55. The molecule has 0 saturated carbocycles. The van der Waals surface area contributed by atoms with E-state index in [2.05, 4.69) is 10.3 Å². The fourth-order valence-electron chi connectivity index (χ4n) is 0.357. The summed E-state index contributed by atoms with van der Waals surface area (Å²) in [5, 5.41) is 3.02. The molecule has 9 heavy (non-hydrogen) atoms. The summed E-state index contributed by atoms with van der Waals surface area (Å²) in [5.74, 6) is 0. The summed E-state index contributed by atoms with van der Waals surface area (Å²) in [6.45, 7) is 6.94. The van der Waals surface area contributed by atoms with Crippen LogP contribution in [0.25, 0.3) is 0 Å². The molecule has 0 aliphatic carbocycles. The SMILES string of the molecule is CCN/C=C\N=C(C)C. The van der Waals surface area contributed by atoms with Crippen LogP contribution < -0.4 is 5.32 Å². The first-order valence-corrected chi connectivity index (χ1v) is 3.16. The van der Waals surface area contributed by atoms with Crippen molar-refractivity contribution < 1.29 is 0 Å². The number of nitrogens with one attached hydrogen (secondary N) is 1. The van der Waals surface area contributed by atoms with Gasteiger partial charge in [0.25, 0.3) is 0 Å². The van der Waals surface area contributed by atoms with Crippen molar-refractivity contribution in [2.75, 3.05) is 6.54 Å². The molecule has 2 nitrogen and oxygen atoms in total. The van der Waals surface area contributed by atoms with Gasteiger partial charge in [0.15, 0.2) is 0 Å². The lowest BCUT2D eigenvalue weighted by Gasteiger charge is -1.88. The number of nitrogens with zero attached hydrogens (tertiary/aromatic N) is 1. The fourth-order valence-corrected chi connectivity index (χ4v) is 0.357. The van der Waals surface area contributed by atoms with Crippen molar-refractivity contribution in [1.82, 2.24) is 5.32 Å². The van der Waals surface area contributed by atoms with Gasteiger partial charge >= 0.3 is 0 Å². The molecule has 0 aliphatic rings. The smallest absolute Gasteiger partial charge is 0.0423 e. The third-order valence-electron chi connectivity index (χ3n) is 0.729. The molecule has 0 saturated heterocycles. The van der Waals surface area contributed by atoms with Crippen molar-refractivity contribution >= 4 is 5.71 Å². The molecule has 0 aliphatic heterocycles. The molecule has 2 heteroatoms. The predicted molar refractivity (Wildman–Crippen MR) is 41.6 cm³/mol. The Bertz CT molecular complexity index is 110. The Morgan fingerprint density at radius 3 is 2.67 bits per heavy atom. The molecule has 0 rings (SSSR count). The molecule has 1 N–H and O–H groups in total. The quantitative estimate of drug-likeness (QED) is 0.570. The zero-order valence-corrected chi connectivity index (χ0v) is 6.31. The third-order valence-corrected chi connectivity index (χ3v) is 0.729. The summed E-state index contributed by atoms with van der Waals surface area (Å²) in [5.41, 5.74) is 1.07. The Kier molecular flexibility index (Phi) is 4.88. The minimum Gasteiger partial charge on any atom is -0.390 e. The van der Waals surface area contributed by atoms with Crippen LogP contribution >= 0.6 is 0 Å². The van der Waals surface area contributed by atoms with Gasteiger partial charge < -0.3 is 5.32 Å². The Hall–Kier alpha value is -0.790. The first-order chi connectivity index (χ1) is 4.27. The second kappa shape index (κ2) is 5.35. The lowest BCUT2D eigenvalue weighted by Crippen LogP contribution is -2.00. The van der Waals surface area contributed by atoms with Gasteiger partial charge in [0.2, 0.25) is 0 Å². The lowest BCUT2D eigenvalue weighted by molar-refractivity contribution is 0.916. The van der Waals surface area contributed by atoms with Gasteiger partial charge in [-0.15, -0.1) is 0 Å². The standard InChI is InChI=1S/C7H14N2/c1-4-8-5-6-9-7(2)3/h5-6,8H,4H2,1-3H3/b6-5-. The van der Waals surface area contributed by atoms with Crippen LogP contribution in [0.4, 0.5) is 0 Å². The molecule has 0 fully saturated rings. The molecule has 52 valence electrons.